The van der Waals surface area contributed by atoms with E-state index >= 15 is 0 Å². The largest absolute Gasteiger partial charge is 0.494 e. The number of hydrogen-bond donors (Lipinski definition) is 0. The average molecular weight is 318 g/mol. The van der Waals surface area contributed by atoms with Gasteiger partial charge >= 0.3 is 5.97 Å². The summed E-state index contributed by atoms with van der Waals surface area (Å²) in [5.74, 6) is 2.15. The first kappa shape index (κ1) is 16.3. The second kappa shape index (κ2) is 9.04. The SMILES string of the molecule is CCOc1ccc(OC(=O)CSCCc2cnccn2)cc1. The monoisotopic (exact) mass is 318 g/mol. The molecule has 0 atom stereocenters. The van der Waals surface area contributed by atoms with Gasteiger partial charge in [-0.25, -0.2) is 0 Å². The van der Waals surface area contributed by atoms with Crippen molar-refractivity contribution >= 4 is 17.7 Å². The third kappa shape index (κ3) is 5.73. The highest BCUT2D eigenvalue weighted by Crippen LogP contribution is 2.18. The number of ether oxygens (including phenoxy) is 2. The molecule has 0 amide bonds. The van der Waals surface area contributed by atoms with Crippen molar-refractivity contribution in [3.63, 3.8) is 0 Å². The van der Waals surface area contributed by atoms with E-state index < -0.39 is 0 Å². The minimum Gasteiger partial charge on any atom is -0.494 e. The summed E-state index contributed by atoms with van der Waals surface area (Å²) in [4.78, 5) is 19.9. The summed E-state index contributed by atoms with van der Waals surface area (Å²) in [6.45, 7) is 2.54. The second-order valence-electron chi connectivity index (χ2n) is 4.38. The molecular weight excluding hydrogens is 300 g/mol. The van der Waals surface area contributed by atoms with Gasteiger partial charge in [-0.05, 0) is 36.9 Å². The predicted octanol–water partition coefficient (Wildman–Crippen LogP) is 2.76. The first-order valence-electron chi connectivity index (χ1n) is 7.04. The van der Waals surface area contributed by atoms with Crippen LogP contribution in [0.4, 0.5) is 0 Å². The molecule has 1 aromatic heterocycles. The van der Waals surface area contributed by atoms with Crippen LogP contribution in [0.5, 0.6) is 11.5 Å². The molecule has 2 aromatic rings. The van der Waals surface area contributed by atoms with Crippen molar-refractivity contribution < 1.29 is 14.3 Å². The van der Waals surface area contributed by atoms with Crippen LogP contribution in [-0.4, -0.2) is 34.0 Å². The van der Waals surface area contributed by atoms with Crippen LogP contribution < -0.4 is 9.47 Å². The van der Waals surface area contributed by atoms with Crippen molar-refractivity contribution in [2.75, 3.05) is 18.1 Å². The van der Waals surface area contributed by atoms with E-state index in [1.54, 1.807) is 42.9 Å². The Labute approximate surface area is 134 Å². The molecule has 116 valence electrons. The van der Waals surface area contributed by atoms with E-state index in [9.17, 15) is 4.79 Å². The Morgan fingerprint density at radius 1 is 1.18 bits per heavy atom. The topological polar surface area (TPSA) is 61.3 Å². The van der Waals surface area contributed by atoms with Gasteiger partial charge in [-0.15, -0.1) is 11.8 Å². The van der Waals surface area contributed by atoms with Crippen LogP contribution in [0.15, 0.2) is 42.9 Å². The van der Waals surface area contributed by atoms with Crippen LogP contribution in [-0.2, 0) is 11.2 Å². The highest BCUT2D eigenvalue weighted by Gasteiger charge is 2.05. The molecule has 0 aliphatic carbocycles. The molecule has 0 aliphatic rings. The van der Waals surface area contributed by atoms with Crippen LogP contribution >= 0.6 is 11.8 Å². The van der Waals surface area contributed by atoms with Gasteiger partial charge in [0.15, 0.2) is 0 Å². The summed E-state index contributed by atoms with van der Waals surface area (Å²) in [6, 6.07) is 7.03. The number of aryl methyl sites for hydroxylation is 1. The lowest BCUT2D eigenvalue weighted by molar-refractivity contribution is -0.131. The van der Waals surface area contributed by atoms with Gasteiger partial charge in [-0.1, -0.05) is 0 Å². The number of aromatic nitrogens is 2. The lowest BCUT2D eigenvalue weighted by Crippen LogP contribution is -2.11. The first-order valence-corrected chi connectivity index (χ1v) is 8.19. The molecule has 1 heterocycles. The molecule has 0 fully saturated rings. The Morgan fingerprint density at radius 2 is 1.95 bits per heavy atom. The zero-order valence-electron chi connectivity index (χ0n) is 12.4. The smallest absolute Gasteiger partial charge is 0.321 e. The molecular formula is C16H18N2O3S. The third-order valence-electron chi connectivity index (χ3n) is 2.71. The maximum atomic E-state index is 11.7. The van der Waals surface area contributed by atoms with Crippen molar-refractivity contribution in [1.29, 1.82) is 0 Å². The van der Waals surface area contributed by atoms with Crippen LogP contribution in [0.1, 0.15) is 12.6 Å². The summed E-state index contributed by atoms with van der Waals surface area (Å²) in [5, 5.41) is 0. The lowest BCUT2D eigenvalue weighted by atomic mass is 10.3. The molecule has 0 spiro atoms. The lowest BCUT2D eigenvalue weighted by Gasteiger charge is -2.06. The van der Waals surface area contributed by atoms with Crippen molar-refractivity contribution in [3.05, 3.63) is 48.5 Å². The molecule has 22 heavy (non-hydrogen) atoms. The summed E-state index contributed by atoms with van der Waals surface area (Å²) >= 11 is 1.52. The number of nitrogens with zero attached hydrogens (tertiary/aromatic N) is 2. The Kier molecular flexibility index (Phi) is 6.70. The molecule has 6 heteroatoms. The van der Waals surface area contributed by atoms with E-state index in [4.69, 9.17) is 9.47 Å². The van der Waals surface area contributed by atoms with Crippen molar-refractivity contribution in [1.82, 2.24) is 9.97 Å². The fourth-order valence-electron chi connectivity index (χ4n) is 1.72. The maximum absolute atomic E-state index is 11.7. The fourth-order valence-corrected chi connectivity index (χ4v) is 2.45. The Bertz CT molecular complexity index is 576. The van der Waals surface area contributed by atoms with E-state index in [1.807, 2.05) is 6.92 Å². The Hall–Kier alpha value is -2.08. The molecule has 0 saturated carbocycles. The number of esters is 1. The molecule has 0 radical (unpaired) electrons. The molecule has 5 nitrogen and oxygen atoms in total. The van der Waals surface area contributed by atoms with Gasteiger partial charge in [0.25, 0.3) is 0 Å². The fraction of sp³-hybridized carbons (Fsp3) is 0.312. The summed E-state index contributed by atoms with van der Waals surface area (Å²) in [5.41, 5.74) is 0.926. The van der Waals surface area contributed by atoms with Crippen LogP contribution in [0, 0.1) is 0 Å². The number of carbonyl (C=O) groups excluding carboxylic acids is 1. The van der Waals surface area contributed by atoms with E-state index in [0.29, 0.717) is 18.1 Å². The van der Waals surface area contributed by atoms with Gasteiger partial charge in [-0.3, -0.25) is 14.8 Å². The zero-order valence-corrected chi connectivity index (χ0v) is 13.2. The maximum Gasteiger partial charge on any atom is 0.321 e. The van der Waals surface area contributed by atoms with Crippen LogP contribution in [0.25, 0.3) is 0 Å². The van der Waals surface area contributed by atoms with Gasteiger partial charge in [-0.2, -0.15) is 0 Å². The number of carbonyl (C=O) groups is 1. The van der Waals surface area contributed by atoms with Gasteiger partial charge in [0.1, 0.15) is 11.5 Å². The Morgan fingerprint density at radius 3 is 2.64 bits per heavy atom. The van der Waals surface area contributed by atoms with E-state index in [0.717, 1.165) is 23.6 Å². The number of rotatable bonds is 8. The molecule has 0 aliphatic heterocycles. The van der Waals surface area contributed by atoms with Crippen LogP contribution in [0.2, 0.25) is 0 Å². The molecule has 1 aromatic carbocycles. The number of hydrogen-bond acceptors (Lipinski definition) is 6. The van der Waals surface area contributed by atoms with Gasteiger partial charge in [0, 0.05) is 25.0 Å². The normalized spacial score (nSPS) is 10.2. The zero-order chi connectivity index (χ0) is 15.6. The van der Waals surface area contributed by atoms with Gasteiger partial charge in [0.2, 0.25) is 0 Å². The third-order valence-corrected chi connectivity index (χ3v) is 3.64. The molecule has 2 rings (SSSR count). The van der Waals surface area contributed by atoms with Crippen molar-refractivity contribution in [2.24, 2.45) is 0 Å². The van der Waals surface area contributed by atoms with E-state index in [1.165, 1.54) is 11.8 Å². The van der Waals surface area contributed by atoms with E-state index in [-0.39, 0.29) is 5.97 Å². The first-order chi connectivity index (χ1) is 10.8. The molecule has 0 bridgehead atoms. The minimum absolute atomic E-state index is 0.256. The standard InChI is InChI=1S/C16H18N2O3S/c1-2-20-14-3-5-15(6-4-14)21-16(19)12-22-10-7-13-11-17-8-9-18-13/h3-6,8-9,11H,2,7,10,12H2,1H3. The quantitative estimate of drug-likeness (QED) is 0.424. The second-order valence-corrected chi connectivity index (χ2v) is 5.48. The highest BCUT2D eigenvalue weighted by atomic mass is 32.2. The van der Waals surface area contributed by atoms with E-state index in [2.05, 4.69) is 9.97 Å². The summed E-state index contributed by atoms with van der Waals surface area (Å²) in [6.07, 6.45) is 5.83. The summed E-state index contributed by atoms with van der Waals surface area (Å²) < 4.78 is 10.6. The van der Waals surface area contributed by atoms with Gasteiger partial charge in [0.05, 0.1) is 18.1 Å². The minimum atomic E-state index is -0.256. The summed E-state index contributed by atoms with van der Waals surface area (Å²) in [7, 11) is 0. The van der Waals surface area contributed by atoms with Gasteiger partial charge < -0.3 is 9.47 Å². The molecule has 0 saturated heterocycles. The number of benzene rings is 1. The molecule has 0 N–H and O–H groups in total. The van der Waals surface area contributed by atoms with Crippen LogP contribution in [0.3, 0.4) is 0 Å². The highest BCUT2D eigenvalue weighted by molar-refractivity contribution is 7.99. The Balaban J connectivity index is 1.67. The number of thioether (sulfide) groups is 1. The predicted molar refractivity (Wildman–Crippen MR) is 86.3 cm³/mol. The van der Waals surface area contributed by atoms with Crippen molar-refractivity contribution in [2.45, 2.75) is 13.3 Å². The molecule has 0 unspecified atom stereocenters. The average Bonchev–Trinajstić information content (AvgIpc) is 2.55. The van der Waals surface area contributed by atoms with Crippen molar-refractivity contribution in [3.8, 4) is 11.5 Å².